The van der Waals surface area contributed by atoms with Gasteiger partial charge in [-0.1, -0.05) is 35.2 Å². The highest BCUT2D eigenvalue weighted by Crippen LogP contribution is 2.33. The topological polar surface area (TPSA) is 102 Å². The molecule has 2 N–H and O–H groups in total. The Kier molecular flexibility index (Phi) is 6.55. The number of hydrogen-bond donors (Lipinski definition) is 2. The van der Waals surface area contributed by atoms with Gasteiger partial charge in [0.05, 0.1) is 17.5 Å². The van der Waals surface area contributed by atoms with Gasteiger partial charge >= 0.3 is 0 Å². The predicted octanol–water partition coefficient (Wildman–Crippen LogP) is 3.59. The Bertz CT molecular complexity index is 890. The fourth-order valence-corrected chi connectivity index (χ4v) is 3.96. The number of carbonyl (C=O) groups excluding carboxylic acids is 1. The Balaban J connectivity index is 1.60. The minimum Gasteiger partial charge on any atom is -0.492 e. The van der Waals surface area contributed by atoms with Crippen LogP contribution >= 0.6 is 23.1 Å². The molecule has 3 aromatic rings. The molecule has 0 bridgehead atoms. The van der Waals surface area contributed by atoms with Crippen molar-refractivity contribution in [2.75, 3.05) is 17.2 Å². The number of rotatable bonds is 8. The minimum absolute atomic E-state index is 0.197. The van der Waals surface area contributed by atoms with Crippen molar-refractivity contribution in [1.29, 1.82) is 0 Å². The molecule has 2 aromatic heterocycles. The molecule has 1 aromatic carbocycles. The quantitative estimate of drug-likeness (QED) is 0.551. The van der Waals surface area contributed by atoms with Crippen LogP contribution in [0.3, 0.4) is 0 Å². The second-order valence-electron chi connectivity index (χ2n) is 5.25. The number of amides is 1. The van der Waals surface area contributed by atoms with Crippen molar-refractivity contribution in [2.24, 2.45) is 0 Å². The van der Waals surface area contributed by atoms with E-state index in [0.29, 0.717) is 16.1 Å². The summed E-state index contributed by atoms with van der Waals surface area (Å²) in [5.41, 5.74) is 0.819. The van der Waals surface area contributed by atoms with E-state index >= 15 is 0 Å². The van der Waals surface area contributed by atoms with Crippen molar-refractivity contribution >= 4 is 45.8 Å². The smallest absolute Gasteiger partial charge is 0.240 e. The van der Waals surface area contributed by atoms with E-state index in [2.05, 4.69) is 30.8 Å². The summed E-state index contributed by atoms with van der Waals surface area (Å²) in [4.78, 5) is 20.2. The van der Waals surface area contributed by atoms with E-state index in [4.69, 9.17) is 4.74 Å². The lowest BCUT2D eigenvalue weighted by molar-refractivity contribution is -0.115. The van der Waals surface area contributed by atoms with Crippen LogP contribution in [0.5, 0.6) is 5.75 Å². The second kappa shape index (κ2) is 9.28. The summed E-state index contributed by atoms with van der Waals surface area (Å²) in [6.07, 6.45) is 3.15. The first kappa shape index (κ1) is 19.1. The number of nitrogens with zero attached hydrogens (tertiary/aromatic N) is 4. The van der Waals surface area contributed by atoms with Crippen LogP contribution in [0.15, 0.2) is 47.1 Å². The monoisotopic (exact) mass is 402 g/mol. The maximum Gasteiger partial charge on any atom is 0.240 e. The molecule has 1 amide bonds. The third-order valence-electron chi connectivity index (χ3n) is 3.28. The van der Waals surface area contributed by atoms with Gasteiger partial charge in [0.1, 0.15) is 5.75 Å². The number of para-hydroxylation sites is 2. The maximum absolute atomic E-state index is 12.2. The molecule has 0 fully saturated rings. The van der Waals surface area contributed by atoms with E-state index in [-0.39, 0.29) is 17.1 Å². The Hall–Kier alpha value is -2.72. The molecule has 1 atom stereocenters. The molecule has 140 valence electrons. The minimum atomic E-state index is -0.370. The largest absolute Gasteiger partial charge is 0.492 e. The number of ether oxygens (including phenoxy) is 1. The zero-order valence-electron chi connectivity index (χ0n) is 14.7. The summed E-state index contributed by atoms with van der Waals surface area (Å²) in [6, 6.07) is 9.32. The molecule has 8 nitrogen and oxygen atoms in total. The van der Waals surface area contributed by atoms with E-state index in [9.17, 15) is 4.79 Å². The van der Waals surface area contributed by atoms with Crippen LogP contribution in [0, 0.1) is 0 Å². The van der Waals surface area contributed by atoms with E-state index in [0.717, 1.165) is 11.4 Å². The first-order chi connectivity index (χ1) is 13.2. The van der Waals surface area contributed by atoms with Gasteiger partial charge in [0.2, 0.25) is 17.0 Å². The van der Waals surface area contributed by atoms with E-state index < -0.39 is 0 Å². The maximum atomic E-state index is 12.2. The van der Waals surface area contributed by atoms with Crippen LogP contribution in [-0.4, -0.2) is 37.9 Å². The lowest BCUT2D eigenvalue weighted by atomic mass is 10.3. The van der Waals surface area contributed by atoms with Gasteiger partial charge in [0, 0.05) is 12.4 Å². The number of hydrogen-bond acceptors (Lipinski definition) is 9. The molecule has 1 unspecified atom stereocenters. The lowest BCUT2D eigenvalue weighted by Gasteiger charge is -2.09. The molecule has 0 radical (unpaired) electrons. The Labute approximate surface area is 164 Å². The molecule has 3 rings (SSSR count). The van der Waals surface area contributed by atoms with Gasteiger partial charge in [-0.3, -0.25) is 10.1 Å². The Morgan fingerprint density at radius 2 is 2.00 bits per heavy atom. The standard InChI is InChI=1S/C17H18N6O2S2/c1-3-25-13-8-5-4-7-12(13)20-16-22-23-17(27-16)26-11(2)14(24)21-15-18-9-6-10-19-15/h4-11H,3H2,1-2H3,(H,20,22)(H,18,19,21,24). The molecule has 0 aliphatic rings. The van der Waals surface area contributed by atoms with Crippen LogP contribution in [0.25, 0.3) is 0 Å². The Morgan fingerprint density at radius 1 is 1.22 bits per heavy atom. The van der Waals surface area contributed by atoms with Gasteiger partial charge in [0.25, 0.3) is 0 Å². The zero-order valence-corrected chi connectivity index (χ0v) is 16.4. The highest BCUT2D eigenvalue weighted by atomic mass is 32.2. The van der Waals surface area contributed by atoms with Gasteiger partial charge < -0.3 is 10.1 Å². The highest BCUT2D eigenvalue weighted by molar-refractivity contribution is 8.02. The molecule has 2 heterocycles. The second-order valence-corrected chi connectivity index (χ2v) is 7.81. The number of thioether (sulfide) groups is 1. The molecule has 0 aliphatic heterocycles. The number of carbonyl (C=O) groups is 1. The highest BCUT2D eigenvalue weighted by Gasteiger charge is 2.18. The van der Waals surface area contributed by atoms with Crippen LogP contribution in [0.2, 0.25) is 0 Å². The van der Waals surface area contributed by atoms with E-state index in [1.807, 2.05) is 31.2 Å². The SMILES string of the molecule is CCOc1ccccc1Nc1nnc(SC(C)C(=O)Nc2ncccn2)s1. The first-order valence-corrected chi connectivity index (χ1v) is 9.92. The molecule has 27 heavy (non-hydrogen) atoms. The number of benzene rings is 1. The third kappa shape index (κ3) is 5.38. The number of anilines is 3. The summed E-state index contributed by atoms with van der Waals surface area (Å²) in [6.45, 7) is 4.30. The average molecular weight is 403 g/mol. The third-order valence-corrected chi connectivity index (χ3v) is 5.31. The summed E-state index contributed by atoms with van der Waals surface area (Å²) in [7, 11) is 0. The normalized spacial score (nSPS) is 11.6. The van der Waals surface area contributed by atoms with Crippen molar-refractivity contribution in [3.05, 3.63) is 42.7 Å². The van der Waals surface area contributed by atoms with Gasteiger partial charge in [0.15, 0.2) is 4.34 Å². The number of aromatic nitrogens is 4. The van der Waals surface area contributed by atoms with Gasteiger partial charge in [-0.2, -0.15) is 0 Å². The molecule has 0 spiro atoms. The average Bonchev–Trinajstić information content (AvgIpc) is 3.11. The van der Waals surface area contributed by atoms with Crippen LogP contribution in [-0.2, 0) is 4.79 Å². The lowest BCUT2D eigenvalue weighted by Crippen LogP contribution is -2.23. The van der Waals surface area contributed by atoms with Crippen molar-refractivity contribution in [2.45, 2.75) is 23.4 Å². The first-order valence-electron chi connectivity index (χ1n) is 8.22. The van der Waals surface area contributed by atoms with E-state index in [1.54, 1.807) is 25.4 Å². The summed E-state index contributed by atoms with van der Waals surface area (Å²) >= 11 is 2.69. The summed E-state index contributed by atoms with van der Waals surface area (Å²) in [5, 5.41) is 14.4. The predicted molar refractivity (Wildman–Crippen MR) is 107 cm³/mol. The molecule has 0 aliphatic carbocycles. The zero-order chi connectivity index (χ0) is 19.1. The molecular weight excluding hydrogens is 384 g/mol. The Morgan fingerprint density at radius 3 is 2.78 bits per heavy atom. The van der Waals surface area contributed by atoms with E-state index in [1.165, 1.54) is 23.1 Å². The summed E-state index contributed by atoms with van der Waals surface area (Å²) < 4.78 is 6.28. The van der Waals surface area contributed by atoms with Crippen molar-refractivity contribution < 1.29 is 9.53 Å². The van der Waals surface area contributed by atoms with Crippen molar-refractivity contribution in [1.82, 2.24) is 20.2 Å². The van der Waals surface area contributed by atoms with Gasteiger partial charge in [-0.15, -0.1) is 10.2 Å². The van der Waals surface area contributed by atoms with Crippen LogP contribution in [0.4, 0.5) is 16.8 Å². The molecule has 10 heteroatoms. The van der Waals surface area contributed by atoms with Crippen LogP contribution < -0.4 is 15.4 Å². The molecule has 0 saturated heterocycles. The molecular formula is C17H18N6O2S2. The van der Waals surface area contributed by atoms with Crippen molar-refractivity contribution in [3.8, 4) is 5.75 Å². The fraction of sp³-hybridized carbons (Fsp3) is 0.235. The summed E-state index contributed by atoms with van der Waals surface area (Å²) in [5.74, 6) is 0.833. The van der Waals surface area contributed by atoms with Gasteiger partial charge in [-0.05, 0) is 32.0 Å². The van der Waals surface area contributed by atoms with Gasteiger partial charge in [-0.25, -0.2) is 9.97 Å². The molecule has 0 saturated carbocycles. The van der Waals surface area contributed by atoms with Crippen LogP contribution in [0.1, 0.15) is 13.8 Å². The fourth-order valence-electron chi connectivity index (χ4n) is 2.05. The van der Waals surface area contributed by atoms with Crippen molar-refractivity contribution in [3.63, 3.8) is 0 Å². The number of nitrogens with one attached hydrogen (secondary N) is 2.